The van der Waals surface area contributed by atoms with Crippen LogP contribution in [0.15, 0.2) is 17.0 Å². The Morgan fingerprint density at radius 2 is 1.85 bits per heavy atom. The Balaban J connectivity index is 3.49. The average molecular weight is 299 g/mol. The maximum atomic E-state index is 12.7. The Labute approximate surface area is 119 Å². The summed E-state index contributed by atoms with van der Waals surface area (Å²) in [6.07, 6.45) is 0. The molecule has 0 saturated carbocycles. The first-order chi connectivity index (χ1) is 9.09. The van der Waals surface area contributed by atoms with Gasteiger partial charge in [-0.2, -0.15) is 4.31 Å². The van der Waals surface area contributed by atoms with E-state index in [9.17, 15) is 13.2 Å². The molecule has 1 aromatic rings. The van der Waals surface area contributed by atoms with Gasteiger partial charge in [-0.15, -0.1) is 0 Å². The maximum Gasteiger partial charge on any atom is 0.246 e. The lowest BCUT2D eigenvalue weighted by Gasteiger charge is -2.26. The van der Waals surface area contributed by atoms with Gasteiger partial charge in [0.2, 0.25) is 15.9 Å². The van der Waals surface area contributed by atoms with Crippen molar-refractivity contribution in [2.45, 2.75) is 38.6 Å². The van der Waals surface area contributed by atoms with Crippen LogP contribution in [0, 0.1) is 13.8 Å². The minimum Gasteiger partial charge on any atom is -0.398 e. The van der Waals surface area contributed by atoms with Crippen molar-refractivity contribution >= 4 is 21.6 Å². The molecule has 1 amide bonds. The Bertz CT molecular complexity index is 624. The molecule has 0 bridgehead atoms. The van der Waals surface area contributed by atoms with Crippen LogP contribution in [0.4, 0.5) is 5.69 Å². The van der Waals surface area contributed by atoms with Gasteiger partial charge in [-0.3, -0.25) is 4.79 Å². The first kappa shape index (κ1) is 16.5. The quantitative estimate of drug-likeness (QED) is 0.783. The summed E-state index contributed by atoms with van der Waals surface area (Å²) in [5.41, 5.74) is 12.5. The maximum absolute atomic E-state index is 12.7. The van der Waals surface area contributed by atoms with Gasteiger partial charge in [0.05, 0.1) is 12.2 Å². The normalized spacial score (nSPS) is 12.1. The van der Waals surface area contributed by atoms with E-state index in [1.165, 1.54) is 0 Å². The summed E-state index contributed by atoms with van der Waals surface area (Å²) in [5, 5.41) is 0. The number of sulfonamides is 1. The van der Waals surface area contributed by atoms with E-state index < -0.39 is 22.0 Å². The standard InChI is InChI=1S/C13H21N3O3S/c1-8(2)16(7-12(15)17)20(18,19)13-10(4)9(3)5-6-11(13)14/h5-6,8H,7,14H2,1-4H3,(H2,15,17). The average Bonchev–Trinajstić information content (AvgIpc) is 2.30. The highest BCUT2D eigenvalue weighted by atomic mass is 32.2. The molecule has 0 heterocycles. The van der Waals surface area contributed by atoms with E-state index in [1.54, 1.807) is 32.9 Å². The molecule has 6 nitrogen and oxygen atoms in total. The zero-order valence-electron chi connectivity index (χ0n) is 12.2. The molecule has 0 aliphatic rings. The highest BCUT2D eigenvalue weighted by Gasteiger charge is 2.31. The molecule has 0 spiro atoms. The van der Waals surface area contributed by atoms with Crippen molar-refractivity contribution < 1.29 is 13.2 Å². The minimum atomic E-state index is -3.87. The van der Waals surface area contributed by atoms with Crippen molar-refractivity contribution in [2.24, 2.45) is 5.73 Å². The van der Waals surface area contributed by atoms with Gasteiger partial charge in [0.1, 0.15) is 4.90 Å². The van der Waals surface area contributed by atoms with Gasteiger partial charge >= 0.3 is 0 Å². The van der Waals surface area contributed by atoms with E-state index in [4.69, 9.17) is 11.5 Å². The number of hydrogen-bond acceptors (Lipinski definition) is 4. The van der Waals surface area contributed by atoms with Gasteiger partial charge in [0, 0.05) is 6.04 Å². The first-order valence-corrected chi connectivity index (χ1v) is 7.68. The number of primary amides is 1. The number of benzene rings is 1. The van der Waals surface area contributed by atoms with E-state index in [1.807, 2.05) is 6.92 Å². The largest absolute Gasteiger partial charge is 0.398 e. The molecule has 7 heteroatoms. The molecule has 4 N–H and O–H groups in total. The molecule has 0 atom stereocenters. The Hall–Kier alpha value is -1.60. The summed E-state index contributed by atoms with van der Waals surface area (Å²) in [5.74, 6) is -0.703. The van der Waals surface area contributed by atoms with Crippen molar-refractivity contribution in [1.29, 1.82) is 0 Å². The number of hydrogen-bond donors (Lipinski definition) is 2. The molecule has 1 rings (SSSR count). The van der Waals surface area contributed by atoms with Gasteiger partial charge in [0.25, 0.3) is 0 Å². The predicted molar refractivity (Wildman–Crippen MR) is 78.6 cm³/mol. The smallest absolute Gasteiger partial charge is 0.246 e. The van der Waals surface area contributed by atoms with Crippen molar-refractivity contribution in [3.05, 3.63) is 23.3 Å². The number of rotatable bonds is 5. The van der Waals surface area contributed by atoms with E-state index in [0.29, 0.717) is 5.56 Å². The highest BCUT2D eigenvalue weighted by molar-refractivity contribution is 7.89. The van der Waals surface area contributed by atoms with Crippen LogP contribution in [0.3, 0.4) is 0 Å². The monoisotopic (exact) mass is 299 g/mol. The van der Waals surface area contributed by atoms with Crippen LogP contribution >= 0.6 is 0 Å². The van der Waals surface area contributed by atoms with Crippen LogP contribution in [0.5, 0.6) is 0 Å². The zero-order chi connectivity index (χ0) is 15.7. The van der Waals surface area contributed by atoms with Crippen LogP contribution in [-0.4, -0.2) is 31.2 Å². The first-order valence-electron chi connectivity index (χ1n) is 6.24. The number of carbonyl (C=O) groups excluding carboxylic acids is 1. The van der Waals surface area contributed by atoms with E-state index >= 15 is 0 Å². The molecule has 0 aliphatic heterocycles. The predicted octanol–water partition coefficient (Wildman–Crippen LogP) is 0.770. The van der Waals surface area contributed by atoms with E-state index in [-0.39, 0.29) is 17.1 Å². The fourth-order valence-electron chi connectivity index (χ4n) is 1.97. The van der Waals surface area contributed by atoms with E-state index in [2.05, 4.69) is 0 Å². The number of nitrogens with zero attached hydrogens (tertiary/aromatic N) is 1. The summed E-state index contributed by atoms with van der Waals surface area (Å²) in [6.45, 7) is 6.50. The highest BCUT2D eigenvalue weighted by Crippen LogP contribution is 2.29. The summed E-state index contributed by atoms with van der Waals surface area (Å²) >= 11 is 0. The third-order valence-corrected chi connectivity index (χ3v) is 5.39. The summed E-state index contributed by atoms with van der Waals surface area (Å²) in [4.78, 5) is 11.2. The summed E-state index contributed by atoms with van der Waals surface area (Å²) in [7, 11) is -3.87. The van der Waals surface area contributed by atoms with Crippen LogP contribution in [0.2, 0.25) is 0 Å². The number of anilines is 1. The number of aryl methyl sites for hydroxylation is 1. The Morgan fingerprint density at radius 1 is 1.30 bits per heavy atom. The lowest BCUT2D eigenvalue weighted by molar-refractivity contribution is -0.118. The van der Waals surface area contributed by atoms with Gasteiger partial charge in [-0.1, -0.05) is 6.07 Å². The topological polar surface area (TPSA) is 106 Å². The number of nitrogens with two attached hydrogens (primary N) is 2. The number of carbonyl (C=O) groups is 1. The van der Waals surface area contributed by atoms with Crippen LogP contribution in [0.1, 0.15) is 25.0 Å². The number of nitrogen functional groups attached to an aromatic ring is 1. The number of amides is 1. The third kappa shape index (κ3) is 3.10. The van der Waals surface area contributed by atoms with Crippen LogP contribution in [-0.2, 0) is 14.8 Å². The molecule has 0 unspecified atom stereocenters. The molecule has 0 aliphatic carbocycles. The second-order valence-corrected chi connectivity index (χ2v) is 6.86. The molecule has 0 fully saturated rings. The van der Waals surface area contributed by atoms with Gasteiger partial charge in [0.15, 0.2) is 0 Å². The van der Waals surface area contributed by atoms with Crippen molar-refractivity contribution in [2.75, 3.05) is 12.3 Å². The van der Waals surface area contributed by atoms with Crippen LogP contribution in [0.25, 0.3) is 0 Å². The molecular formula is C13H21N3O3S. The second-order valence-electron chi connectivity index (χ2n) is 5.04. The fourth-order valence-corrected chi connectivity index (χ4v) is 3.97. The fraction of sp³-hybridized carbons (Fsp3) is 0.462. The van der Waals surface area contributed by atoms with Gasteiger partial charge in [-0.25, -0.2) is 8.42 Å². The third-order valence-electron chi connectivity index (χ3n) is 3.16. The molecular weight excluding hydrogens is 278 g/mol. The molecule has 0 radical (unpaired) electrons. The summed E-state index contributed by atoms with van der Waals surface area (Å²) in [6, 6.07) is 2.92. The van der Waals surface area contributed by atoms with Crippen molar-refractivity contribution in [3.63, 3.8) is 0 Å². The second kappa shape index (κ2) is 5.80. The van der Waals surface area contributed by atoms with Gasteiger partial charge in [-0.05, 0) is 44.9 Å². The molecule has 0 saturated heterocycles. The lowest BCUT2D eigenvalue weighted by atomic mass is 10.1. The Kier molecular flexibility index (Phi) is 4.77. The van der Waals surface area contributed by atoms with Crippen molar-refractivity contribution in [3.8, 4) is 0 Å². The van der Waals surface area contributed by atoms with Crippen molar-refractivity contribution in [1.82, 2.24) is 4.31 Å². The zero-order valence-corrected chi connectivity index (χ0v) is 13.0. The summed E-state index contributed by atoms with van der Waals surface area (Å²) < 4.78 is 26.5. The SMILES string of the molecule is Cc1ccc(N)c(S(=O)(=O)N(CC(N)=O)C(C)C)c1C. The van der Waals surface area contributed by atoms with Crippen LogP contribution < -0.4 is 11.5 Å². The Morgan fingerprint density at radius 3 is 2.30 bits per heavy atom. The van der Waals surface area contributed by atoms with Gasteiger partial charge < -0.3 is 11.5 Å². The molecule has 1 aromatic carbocycles. The minimum absolute atomic E-state index is 0.0486. The van der Waals surface area contributed by atoms with E-state index in [0.717, 1.165) is 9.87 Å². The molecule has 0 aromatic heterocycles. The molecule has 20 heavy (non-hydrogen) atoms. The lowest BCUT2D eigenvalue weighted by Crippen LogP contribution is -2.43. The molecule has 112 valence electrons.